The van der Waals surface area contributed by atoms with E-state index < -0.39 is 10.1 Å². The van der Waals surface area contributed by atoms with E-state index in [1.54, 1.807) is 26.0 Å². The first-order chi connectivity index (χ1) is 17.3. The Morgan fingerprint density at radius 3 is 2.00 bits per heavy atom. The molecule has 0 spiro atoms. The van der Waals surface area contributed by atoms with Gasteiger partial charge < -0.3 is 4.55 Å². The number of rotatable bonds is 3. The fraction of sp³-hybridized carbons (Fsp3) is 0.333. The number of aromatic amines is 1. The van der Waals surface area contributed by atoms with Crippen LogP contribution in [0.25, 0.3) is 27.3 Å². The number of nitrogens with one attached hydrogen (secondary N) is 1. The molecule has 2 aromatic carbocycles. The second-order valence-electron chi connectivity index (χ2n) is 9.98. The molecular formula is C30H35N3O3S. The van der Waals surface area contributed by atoms with Crippen LogP contribution in [0.4, 0.5) is 0 Å². The molecule has 6 nitrogen and oxygen atoms in total. The Bertz CT molecular complexity index is 1760. The number of aromatic nitrogens is 3. The van der Waals surface area contributed by atoms with E-state index in [9.17, 15) is 13.0 Å². The normalized spacial score (nSPS) is 11.8. The molecular weight excluding hydrogens is 482 g/mol. The Labute approximate surface area is 219 Å². The lowest BCUT2D eigenvalue weighted by Gasteiger charge is -2.14. The van der Waals surface area contributed by atoms with Crippen LogP contribution < -0.4 is 4.52 Å². The first-order valence-electron chi connectivity index (χ1n) is 12.7. The summed E-state index contributed by atoms with van der Waals surface area (Å²) in [5.74, 6) is 0. The van der Waals surface area contributed by atoms with E-state index in [1.807, 2.05) is 6.92 Å². The number of hydrogen-bond acceptors (Lipinski definition) is 4. The first kappa shape index (κ1) is 26.8. The van der Waals surface area contributed by atoms with Crippen molar-refractivity contribution in [2.45, 2.75) is 73.1 Å². The van der Waals surface area contributed by atoms with Crippen LogP contribution in [0.3, 0.4) is 0 Å². The average molecular weight is 518 g/mol. The molecule has 0 aliphatic heterocycles. The SMILES string of the molecule is CCc1cc2c3c(cc(C)[n+]2[nH]c1CC)nc1cc(C)c(C)cc13.Cc1cc(C)c(S(=O)(=O)[O-])c(C)c1. The third kappa shape index (κ3) is 4.98. The molecule has 3 heterocycles. The van der Waals surface area contributed by atoms with Crippen LogP contribution in [0.1, 0.15) is 58.6 Å². The smallest absolute Gasteiger partial charge is 0.246 e. The summed E-state index contributed by atoms with van der Waals surface area (Å²) in [6, 6.07) is 12.4. The monoisotopic (exact) mass is 517 g/mol. The summed E-state index contributed by atoms with van der Waals surface area (Å²) in [5, 5.41) is 6.14. The van der Waals surface area contributed by atoms with Crippen molar-refractivity contribution in [3.05, 3.63) is 81.2 Å². The second-order valence-corrected chi connectivity index (χ2v) is 11.3. The van der Waals surface area contributed by atoms with Crippen molar-refractivity contribution < 1.29 is 17.5 Å². The summed E-state index contributed by atoms with van der Waals surface area (Å²) in [6.07, 6.45) is 2.05. The van der Waals surface area contributed by atoms with Crippen LogP contribution in [0, 0.1) is 41.5 Å². The van der Waals surface area contributed by atoms with Gasteiger partial charge in [-0.2, -0.15) is 5.10 Å². The van der Waals surface area contributed by atoms with Gasteiger partial charge in [-0.05, 0) is 87.4 Å². The highest BCUT2D eigenvalue weighted by Gasteiger charge is 2.20. The Morgan fingerprint density at radius 2 is 1.43 bits per heavy atom. The van der Waals surface area contributed by atoms with Crippen LogP contribution in [0.2, 0.25) is 0 Å². The number of H-pyrrole nitrogens is 1. The minimum absolute atomic E-state index is 0.0851. The summed E-state index contributed by atoms with van der Waals surface area (Å²) in [6.45, 7) is 16.0. The molecule has 0 atom stereocenters. The molecule has 3 aromatic heterocycles. The quantitative estimate of drug-likeness (QED) is 0.234. The van der Waals surface area contributed by atoms with Crippen molar-refractivity contribution in [1.82, 2.24) is 10.1 Å². The van der Waals surface area contributed by atoms with Gasteiger partial charge in [0.25, 0.3) is 0 Å². The predicted octanol–water partition coefficient (Wildman–Crippen LogP) is 6.02. The maximum Gasteiger partial charge on any atom is 0.246 e. The molecule has 0 unspecified atom stereocenters. The van der Waals surface area contributed by atoms with Crippen LogP contribution in [0.5, 0.6) is 0 Å². The van der Waals surface area contributed by atoms with Crippen molar-refractivity contribution in [1.29, 1.82) is 0 Å². The van der Waals surface area contributed by atoms with E-state index >= 15 is 0 Å². The number of pyridine rings is 1. The summed E-state index contributed by atoms with van der Waals surface area (Å²) < 4.78 is 34.7. The van der Waals surface area contributed by atoms with Gasteiger partial charge in [-0.1, -0.05) is 36.1 Å². The summed E-state index contributed by atoms with van der Waals surface area (Å²) in [4.78, 5) is 4.81. The van der Waals surface area contributed by atoms with E-state index in [-0.39, 0.29) is 4.90 Å². The fourth-order valence-electron chi connectivity index (χ4n) is 5.28. The van der Waals surface area contributed by atoms with E-state index in [0.29, 0.717) is 11.1 Å². The largest absolute Gasteiger partial charge is 0.744 e. The highest BCUT2D eigenvalue weighted by atomic mass is 32.2. The third-order valence-corrected chi connectivity index (χ3v) is 8.25. The van der Waals surface area contributed by atoms with Gasteiger partial charge >= 0.3 is 0 Å². The lowest BCUT2D eigenvalue weighted by molar-refractivity contribution is -0.587. The maximum absolute atomic E-state index is 10.8. The van der Waals surface area contributed by atoms with Gasteiger partial charge in [0.1, 0.15) is 10.1 Å². The summed E-state index contributed by atoms with van der Waals surface area (Å²) >= 11 is 0. The molecule has 0 fully saturated rings. The molecule has 37 heavy (non-hydrogen) atoms. The summed E-state index contributed by atoms with van der Waals surface area (Å²) in [7, 11) is -4.33. The second kappa shape index (κ2) is 9.88. The van der Waals surface area contributed by atoms with Gasteiger partial charge in [0.05, 0.1) is 27.0 Å². The number of nitrogens with zero attached hydrogens (tertiary/aromatic N) is 2. The molecule has 0 aliphatic rings. The lowest BCUT2D eigenvalue weighted by atomic mass is 10.0. The molecule has 194 valence electrons. The van der Waals surface area contributed by atoms with E-state index in [2.05, 4.69) is 68.5 Å². The Hall–Kier alpha value is -3.29. The first-order valence-corrected chi connectivity index (χ1v) is 14.1. The van der Waals surface area contributed by atoms with Gasteiger partial charge in [0, 0.05) is 24.4 Å². The molecule has 5 aromatic rings. The van der Waals surface area contributed by atoms with Crippen molar-refractivity contribution in [2.24, 2.45) is 0 Å². The standard InChI is InChI=1S/C21H23N3.C9H12O3S/c1-6-15-11-20-21-16-8-12(3)13(4)9-18(16)22-19(21)10-14(5)24(20)23-17(15)7-2;1-6-4-7(2)9(8(3)5-6)13(10,11)12/h8-11H,6-7H2,1-5H3;4-5H,1-3H3,(H,10,11,12). The van der Waals surface area contributed by atoms with Crippen LogP contribution >= 0.6 is 0 Å². The van der Waals surface area contributed by atoms with Gasteiger partial charge in [0.15, 0.2) is 0 Å². The van der Waals surface area contributed by atoms with E-state index in [1.165, 1.54) is 44.4 Å². The molecule has 0 bridgehead atoms. The Balaban J connectivity index is 0.000000209. The molecule has 0 saturated heterocycles. The van der Waals surface area contributed by atoms with Gasteiger partial charge in [-0.25, -0.2) is 13.4 Å². The molecule has 7 heteroatoms. The molecule has 0 saturated carbocycles. The van der Waals surface area contributed by atoms with Crippen LogP contribution in [-0.2, 0) is 23.0 Å². The average Bonchev–Trinajstić information content (AvgIpc) is 3.14. The molecule has 0 amide bonds. The topological polar surface area (TPSA) is 90.0 Å². The molecule has 0 aliphatic carbocycles. The zero-order valence-electron chi connectivity index (χ0n) is 22.9. The van der Waals surface area contributed by atoms with Crippen LogP contribution in [-0.4, -0.2) is 23.1 Å². The van der Waals surface area contributed by atoms with Crippen molar-refractivity contribution >= 4 is 37.4 Å². The van der Waals surface area contributed by atoms with E-state index in [0.717, 1.165) is 29.4 Å². The molecule has 0 radical (unpaired) electrons. The lowest BCUT2D eigenvalue weighted by Crippen LogP contribution is -2.32. The number of fused-ring (bicyclic) bond motifs is 5. The third-order valence-electron chi connectivity index (χ3n) is 7.11. The van der Waals surface area contributed by atoms with Crippen molar-refractivity contribution in [3.63, 3.8) is 0 Å². The molecule has 1 N–H and O–H groups in total. The zero-order valence-corrected chi connectivity index (χ0v) is 23.7. The van der Waals surface area contributed by atoms with Crippen molar-refractivity contribution in [3.8, 4) is 0 Å². The number of aryl methyl sites for hydroxylation is 8. The van der Waals surface area contributed by atoms with Gasteiger partial charge in [-0.3, -0.25) is 0 Å². The zero-order chi connectivity index (χ0) is 27.2. The minimum atomic E-state index is -4.33. The van der Waals surface area contributed by atoms with Gasteiger partial charge in [-0.15, -0.1) is 0 Å². The van der Waals surface area contributed by atoms with Crippen LogP contribution in [0.15, 0.2) is 41.3 Å². The Morgan fingerprint density at radius 1 is 0.811 bits per heavy atom. The summed E-state index contributed by atoms with van der Waals surface area (Å²) in [5.41, 5.74) is 11.9. The maximum atomic E-state index is 10.8. The molecule has 5 rings (SSSR count). The number of benzene rings is 2. The predicted molar refractivity (Wildman–Crippen MR) is 148 cm³/mol. The highest BCUT2D eigenvalue weighted by molar-refractivity contribution is 7.85. The van der Waals surface area contributed by atoms with Gasteiger partial charge in [0.2, 0.25) is 11.2 Å². The highest BCUT2D eigenvalue weighted by Crippen LogP contribution is 2.30. The van der Waals surface area contributed by atoms with E-state index in [4.69, 9.17) is 4.98 Å². The fourth-order valence-corrected chi connectivity index (χ4v) is 6.19. The minimum Gasteiger partial charge on any atom is -0.744 e. The van der Waals surface area contributed by atoms with Crippen molar-refractivity contribution in [2.75, 3.05) is 0 Å². The Kier molecular flexibility index (Phi) is 7.14. The number of hydrogen-bond donors (Lipinski definition) is 1.